The highest BCUT2D eigenvalue weighted by atomic mass is 32.2. The molecule has 1 saturated heterocycles. The summed E-state index contributed by atoms with van der Waals surface area (Å²) in [7, 11) is 0. The third kappa shape index (κ3) is 7.07. The second-order valence-corrected chi connectivity index (χ2v) is 7.01. The van der Waals surface area contributed by atoms with Crippen molar-refractivity contribution in [1.29, 1.82) is 0 Å². The van der Waals surface area contributed by atoms with E-state index in [1.807, 2.05) is 23.6 Å². The Morgan fingerprint density at radius 3 is 2.86 bits per heavy atom. The van der Waals surface area contributed by atoms with Crippen molar-refractivity contribution in [3.8, 4) is 0 Å². The van der Waals surface area contributed by atoms with Crippen LogP contribution in [0, 0.1) is 0 Å². The van der Waals surface area contributed by atoms with Crippen molar-refractivity contribution in [3.05, 3.63) is 0 Å². The van der Waals surface area contributed by atoms with Gasteiger partial charge in [0.1, 0.15) is 0 Å². The number of nitrogens with zero attached hydrogens (tertiary/aromatic N) is 1. The molecule has 2 unspecified atom stereocenters. The SMILES string of the molecule is CCSCCC(C)NC(=O)N1CCCCC1CCC(=O)O. The summed E-state index contributed by atoms with van der Waals surface area (Å²) in [6.45, 7) is 4.91. The minimum Gasteiger partial charge on any atom is -0.481 e. The normalized spacial score (nSPS) is 20.1. The van der Waals surface area contributed by atoms with Gasteiger partial charge in [-0.15, -0.1) is 0 Å². The van der Waals surface area contributed by atoms with Gasteiger partial charge < -0.3 is 15.3 Å². The third-order valence-corrected chi connectivity index (χ3v) is 4.78. The lowest BCUT2D eigenvalue weighted by atomic mass is 9.98. The molecule has 1 aliphatic heterocycles. The molecule has 6 heteroatoms. The molecule has 2 amide bonds. The molecule has 2 N–H and O–H groups in total. The first kappa shape index (κ1) is 18.1. The van der Waals surface area contributed by atoms with Gasteiger partial charge in [-0.05, 0) is 50.5 Å². The first-order chi connectivity index (χ1) is 10.0. The molecular weight excluding hydrogens is 288 g/mol. The fourth-order valence-corrected chi connectivity index (χ4v) is 3.44. The van der Waals surface area contributed by atoms with Crippen LogP contribution < -0.4 is 5.32 Å². The van der Waals surface area contributed by atoms with Crippen molar-refractivity contribution < 1.29 is 14.7 Å². The first-order valence-electron chi connectivity index (χ1n) is 7.91. The standard InChI is InChI=1S/C15H28N2O3S/c1-3-21-11-9-12(2)16-15(20)17-10-5-4-6-13(17)7-8-14(18)19/h12-13H,3-11H2,1-2H3,(H,16,20)(H,18,19). The average molecular weight is 316 g/mol. The lowest BCUT2D eigenvalue weighted by Gasteiger charge is -2.36. The van der Waals surface area contributed by atoms with Crippen LogP contribution in [0.2, 0.25) is 0 Å². The predicted octanol–water partition coefficient (Wildman–Crippen LogP) is 2.95. The molecule has 122 valence electrons. The molecular formula is C15H28N2O3S. The van der Waals surface area contributed by atoms with Gasteiger partial charge in [0.15, 0.2) is 0 Å². The Kier molecular flexibility index (Phi) is 8.57. The number of carboxylic acid groups (broad SMARTS) is 1. The molecule has 0 aromatic carbocycles. The highest BCUT2D eigenvalue weighted by Crippen LogP contribution is 2.21. The molecule has 0 spiro atoms. The maximum absolute atomic E-state index is 12.4. The highest BCUT2D eigenvalue weighted by molar-refractivity contribution is 7.99. The molecule has 1 rings (SSSR count). The molecule has 5 nitrogen and oxygen atoms in total. The monoisotopic (exact) mass is 316 g/mol. The fraction of sp³-hybridized carbons (Fsp3) is 0.867. The van der Waals surface area contributed by atoms with Crippen LogP contribution in [0.15, 0.2) is 0 Å². The van der Waals surface area contributed by atoms with Crippen molar-refractivity contribution in [3.63, 3.8) is 0 Å². The van der Waals surface area contributed by atoms with Crippen LogP contribution in [0.5, 0.6) is 0 Å². The number of hydrogen-bond donors (Lipinski definition) is 2. The second kappa shape index (κ2) is 9.92. The van der Waals surface area contributed by atoms with E-state index in [1.165, 1.54) is 0 Å². The number of likely N-dealkylation sites (tertiary alicyclic amines) is 1. The van der Waals surface area contributed by atoms with Crippen LogP contribution in [0.1, 0.15) is 52.4 Å². The number of nitrogens with one attached hydrogen (secondary N) is 1. The van der Waals surface area contributed by atoms with Crippen LogP contribution in [0.4, 0.5) is 4.79 Å². The number of thioether (sulfide) groups is 1. The molecule has 0 bridgehead atoms. The van der Waals surface area contributed by atoms with E-state index in [0.29, 0.717) is 6.42 Å². The van der Waals surface area contributed by atoms with Gasteiger partial charge in [0.25, 0.3) is 0 Å². The van der Waals surface area contributed by atoms with E-state index in [0.717, 1.165) is 43.7 Å². The van der Waals surface area contributed by atoms with Crippen LogP contribution in [0.3, 0.4) is 0 Å². The molecule has 21 heavy (non-hydrogen) atoms. The maximum atomic E-state index is 12.4. The summed E-state index contributed by atoms with van der Waals surface area (Å²) >= 11 is 1.88. The Balaban J connectivity index is 2.42. The van der Waals surface area contributed by atoms with Gasteiger partial charge in [-0.1, -0.05) is 6.92 Å². The van der Waals surface area contributed by atoms with Crippen molar-refractivity contribution >= 4 is 23.8 Å². The molecule has 1 heterocycles. The van der Waals surface area contributed by atoms with E-state index in [9.17, 15) is 9.59 Å². The molecule has 1 aliphatic rings. The van der Waals surface area contributed by atoms with Gasteiger partial charge in [-0.25, -0.2) is 4.79 Å². The van der Waals surface area contributed by atoms with Gasteiger partial charge >= 0.3 is 12.0 Å². The summed E-state index contributed by atoms with van der Waals surface area (Å²) in [6.07, 6.45) is 4.67. The van der Waals surface area contributed by atoms with E-state index < -0.39 is 5.97 Å². The largest absolute Gasteiger partial charge is 0.481 e. The quantitative estimate of drug-likeness (QED) is 0.676. The van der Waals surface area contributed by atoms with Gasteiger partial charge in [-0.2, -0.15) is 11.8 Å². The Morgan fingerprint density at radius 2 is 2.19 bits per heavy atom. The highest BCUT2D eigenvalue weighted by Gasteiger charge is 2.27. The van der Waals surface area contributed by atoms with Crippen LogP contribution in [-0.2, 0) is 4.79 Å². The molecule has 0 aromatic heterocycles. The van der Waals surface area contributed by atoms with Gasteiger partial charge in [0.2, 0.25) is 0 Å². The summed E-state index contributed by atoms with van der Waals surface area (Å²) < 4.78 is 0. The smallest absolute Gasteiger partial charge is 0.317 e. The summed E-state index contributed by atoms with van der Waals surface area (Å²) in [5.41, 5.74) is 0. The number of carbonyl (C=O) groups is 2. The molecule has 0 aliphatic carbocycles. The molecule has 1 fully saturated rings. The summed E-state index contributed by atoms with van der Waals surface area (Å²) in [5, 5.41) is 11.9. The summed E-state index contributed by atoms with van der Waals surface area (Å²) in [5.74, 6) is 1.37. The van der Waals surface area contributed by atoms with E-state index in [4.69, 9.17) is 5.11 Å². The van der Waals surface area contributed by atoms with Gasteiger partial charge in [0.05, 0.1) is 0 Å². The molecule has 0 saturated carbocycles. The Bertz CT molecular complexity index is 339. The summed E-state index contributed by atoms with van der Waals surface area (Å²) in [4.78, 5) is 24.9. The molecule has 2 atom stereocenters. The van der Waals surface area contributed by atoms with Crippen LogP contribution in [0.25, 0.3) is 0 Å². The minimum absolute atomic E-state index is 0.0286. The first-order valence-corrected chi connectivity index (χ1v) is 9.06. The van der Waals surface area contributed by atoms with Crippen molar-refractivity contribution in [2.45, 2.75) is 64.5 Å². The van der Waals surface area contributed by atoms with Crippen LogP contribution >= 0.6 is 11.8 Å². The number of piperidine rings is 1. The van der Waals surface area contributed by atoms with Gasteiger partial charge in [-0.3, -0.25) is 4.79 Å². The second-order valence-electron chi connectivity index (χ2n) is 5.61. The number of amides is 2. The number of carboxylic acids is 1. The number of hydrogen-bond acceptors (Lipinski definition) is 3. The number of carbonyl (C=O) groups excluding carboxylic acids is 1. The third-order valence-electron chi connectivity index (χ3n) is 3.85. The van der Waals surface area contributed by atoms with E-state index in [2.05, 4.69) is 12.2 Å². The molecule has 0 aromatic rings. The Morgan fingerprint density at radius 1 is 1.43 bits per heavy atom. The maximum Gasteiger partial charge on any atom is 0.317 e. The zero-order chi connectivity index (χ0) is 15.7. The van der Waals surface area contributed by atoms with Gasteiger partial charge in [0, 0.05) is 25.0 Å². The average Bonchev–Trinajstić information content (AvgIpc) is 2.45. The Labute approximate surface area is 131 Å². The number of aliphatic carboxylic acids is 1. The van der Waals surface area contributed by atoms with Crippen molar-refractivity contribution in [1.82, 2.24) is 10.2 Å². The zero-order valence-electron chi connectivity index (χ0n) is 13.1. The van der Waals surface area contributed by atoms with Crippen molar-refractivity contribution in [2.75, 3.05) is 18.1 Å². The minimum atomic E-state index is -0.786. The lowest BCUT2D eigenvalue weighted by Crippen LogP contribution is -2.50. The van der Waals surface area contributed by atoms with E-state index in [1.54, 1.807) is 0 Å². The zero-order valence-corrected chi connectivity index (χ0v) is 14.0. The van der Waals surface area contributed by atoms with E-state index >= 15 is 0 Å². The Hall–Kier alpha value is -0.910. The summed E-state index contributed by atoms with van der Waals surface area (Å²) in [6, 6.07) is 0.213. The predicted molar refractivity (Wildman–Crippen MR) is 86.8 cm³/mol. The number of urea groups is 1. The van der Waals surface area contributed by atoms with Crippen molar-refractivity contribution in [2.24, 2.45) is 0 Å². The lowest BCUT2D eigenvalue weighted by molar-refractivity contribution is -0.137. The van der Waals surface area contributed by atoms with E-state index in [-0.39, 0.29) is 24.5 Å². The molecule has 0 radical (unpaired) electrons. The number of rotatable bonds is 8. The fourth-order valence-electron chi connectivity index (χ4n) is 2.63. The topological polar surface area (TPSA) is 69.6 Å². The van der Waals surface area contributed by atoms with Crippen LogP contribution in [-0.4, -0.2) is 52.1 Å².